The molecule has 0 unspecified atom stereocenters. The van der Waals surface area contributed by atoms with Crippen molar-refractivity contribution < 1.29 is 30.9 Å². The van der Waals surface area contributed by atoms with Gasteiger partial charge in [0.1, 0.15) is 0 Å². The summed E-state index contributed by atoms with van der Waals surface area (Å²) in [6.45, 7) is 11.4. The number of fused-ring (bicyclic) bond motifs is 3. The van der Waals surface area contributed by atoms with Crippen molar-refractivity contribution in [2.45, 2.75) is 39.5 Å². The van der Waals surface area contributed by atoms with Crippen LogP contribution >= 0.6 is 11.6 Å². The first-order chi connectivity index (χ1) is 14.6. The molecule has 2 aromatic carbocycles. The molecule has 0 N–H and O–H groups in total. The molecule has 0 aromatic heterocycles. The van der Waals surface area contributed by atoms with Crippen LogP contribution in [0.1, 0.15) is 39.5 Å². The first kappa shape index (κ1) is 27.5. The van der Waals surface area contributed by atoms with Gasteiger partial charge in [0.05, 0.1) is 12.9 Å². The van der Waals surface area contributed by atoms with Gasteiger partial charge >= 0.3 is 26.2 Å². The van der Waals surface area contributed by atoms with Gasteiger partial charge in [-0.15, -0.1) is 23.8 Å². The fourth-order valence-electron chi connectivity index (χ4n) is 3.10. The molecule has 3 heteroatoms. The summed E-state index contributed by atoms with van der Waals surface area (Å²) in [5.74, 6) is 0.895. The Morgan fingerprint density at radius 2 is 1.52 bits per heavy atom. The normalized spacial score (nSPS) is 9.87. The number of benzene rings is 3. The minimum Gasteiger partial charge on any atom is -0.509 e. The summed E-state index contributed by atoms with van der Waals surface area (Å²) < 4.78 is 5.58. The van der Waals surface area contributed by atoms with Crippen LogP contribution in [0.5, 0.6) is 5.75 Å². The smallest absolute Gasteiger partial charge is 0.509 e. The number of ether oxygens (including phenoxy) is 1. The molecule has 161 valence electrons. The zero-order valence-electron chi connectivity index (χ0n) is 18.9. The van der Waals surface area contributed by atoms with Crippen molar-refractivity contribution in [3.8, 4) is 28.0 Å². The van der Waals surface area contributed by atoms with Crippen molar-refractivity contribution in [1.82, 2.24) is 0 Å². The molecule has 4 rings (SSSR count). The third-order valence-electron chi connectivity index (χ3n) is 4.80. The molecule has 1 nitrogen and oxygen atoms in total. The van der Waals surface area contributed by atoms with E-state index in [1.165, 1.54) is 34.9 Å². The Morgan fingerprint density at radius 1 is 0.903 bits per heavy atom. The summed E-state index contributed by atoms with van der Waals surface area (Å²) in [5.41, 5.74) is 4.76. The first-order valence-electron chi connectivity index (χ1n) is 10.6. The summed E-state index contributed by atoms with van der Waals surface area (Å²) in [5, 5.41) is 3.07. The zero-order valence-corrected chi connectivity index (χ0v) is 22.1. The number of rotatable bonds is 4. The Balaban J connectivity index is 0.000000465. The second-order valence-electron chi connectivity index (χ2n) is 7.05. The Kier molecular flexibility index (Phi) is 12.9. The minimum absolute atomic E-state index is 0. The predicted molar refractivity (Wildman–Crippen MR) is 134 cm³/mol. The van der Waals surface area contributed by atoms with Crippen molar-refractivity contribution in [3.05, 3.63) is 85.6 Å². The molecular weight excluding hydrogens is 479 g/mol. The summed E-state index contributed by atoms with van der Waals surface area (Å²) in [4.78, 5) is 0. The second-order valence-corrected chi connectivity index (χ2v) is 7.49. The van der Waals surface area contributed by atoms with Crippen molar-refractivity contribution in [2.24, 2.45) is 0 Å². The SMILES string of the molecule is COc1cc[c-](-c2ccccc2)c2cc3cc(Cl)ccc3c1-2.[CH2-]CCC.[CH2-]CCC.[Zr+3]. The van der Waals surface area contributed by atoms with Crippen LogP contribution in [0.2, 0.25) is 5.02 Å². The summed E-state index contributed by atoms with van der Waals surface area (Å²) in [7, 11) is 1.71. The van der Waals surface area contributed by atoms with E-state index in [1.807, 2.05) is 24.3 Å². The van der Waals surface area contributed by atoms with Crippen LogP contribution < -0.4 is 4.74 Å². The standard InChI is InChI=1S/C20H14ClO.2C4H9.Zr/c1-22-19-10-9-16(13-5-3-2-4-6-13)18-12-14-11-15(21)7-8-17(14)20(18)19;2*1-3-4-2;/h2-12H,1H3;2*1,3-4H2,2H3;/q3*-1;+3. The van der Waals surface area contributed by atoms with Gasteiger partial charge in [0, 0.05) is 5.02 Å². The summed E-state index contributed by atoms with van der Waals surface area (Å²) in [6, 6.07) is 22.8. The molecule has 0 atom stereocenters. The fourth-order valence-corrected chi connectivity index (χ4v) is 3.28. The van der Waals surface area contributed by atoms with Crippen LogP contribution in [0.25, 0.3) is 33.0 Å². The zero-order chi connectivity index (χ0) is 21.9. The molecule has 0 fully saturated rings. The molecule has 1 radical (unpaired) electrons. The van der Waals surface area contributed by atoms with Crippen LogP contribution in [0.3, 0.4) is 0 Å². The maximum atomic E-state index is 6.15. The summed E-state index contributed by atoms with van der Waals surface area (Å²) in [6.07, 6.45) is 4.56. The van der Waals surface area contributed by atoms with E-state index in [9.17, 15) is 0 Å². The predicted octanol–water partition coefficient (Wildman–Crippen LogP) is 9.23. The number of methoxy groups -OCH3 is 1. The van der Waals surface area contributed by atoms with Gasteiger partial charge in [-0.3, -0.25) is 0 Å². The Labute approximate surface area is 212 Å². The van der Waals surface area contributed by atoms with E-state index < -0.39 is 0 Å². The molecule has 0 saturated heterocycles. The van der Waals surface area contributed by atoms with E-state index in [-0.39, 0.29) is 26.2 Å². The quantitative estimate of drug-likeness (QED) is 0.248. The van der Waals surface area contributed by atoms with Crippen LogP contribution in [-0.2, 0) is 26.2 Å². The van der Waals surface area contributed by atoms with Gasteiger partial charge in [0.15, 0.2) is 0 Å². The molecule has 0 spiro atoms. The van der Waals surface area contributed by atoms with Crippen LogP contribution in [0, 0.1) is 13.8 Å². The van der Waals surface area contributed by atoms with Gasteiger partial charge < -0.3 is 18.6 Å². The molecule has 0 bridgehead atoms. The van der Waals surface area contributed by atoms with E-state index in [2.05, 4.69) is 70.2 Å². The molecule has 2 aliphatic carbocycles. The van der Waals surface area contributed by atoms with E-state index in [0.717, 1.165) is 34.6 Å². The molecule has 0 heterocycles. The maximum absolute atomic E-state index is 6.15. The molecule has 0 amide bonds. The van der Waals surface area contributed by atoms with Gasteiger partial charge in [0.2, 0.25) is 0 Å². The molecule has 31 heavy (non-hydrogen) atoms. The topological polar surface area (TPSA) is 9.23 Å². The van der Waals surface area contributed by atoms with Crippen molar-refractivity contribution in [3.63, 3.8) is 0 Å². The van der Waals surface area contributed by atoms with E-state index >= 15 is 0 Å². The molecule has 2 aliphatic rings. The van der Waals surface area contributed by atoms with Gasteiger partial charge in [-0.1, -0.05) is 85.8 Å². The number of halogens is 1. The summed E-state index contributed by atoms with van der Waals surface area (Å²) >= 11 is 6.15. The first-order valence-corrected chi connectivity index (χ1v) is 11.0. The second kappa shape index (κ2) is 14.5. The van der Waals surface area contributed by atoms with Crippen LogP contribution in [-0.4, -0.2) is 7.11 Å². The molecule has 0 aliphatic heterocycles. The maximum Gasteiger partial charge on any atom is 3.00 e. The average Bonchev–Trinajstić information content (AvgIpc) is 3.17. The van der Waals surface area contributed by atoms with Crippen LogP contribution in [0.4, 0.5) is 0 Å². The Morgan fingerprint density at radius 3 is 2.06 bits per heavy atom. The van der Waals surface area contributed by atoms with Crippen LogP contribution in [0.15, 0.2) is 66.7 Å². The minimum atomic E-state index is 0. The monoisotopic (exact) mass is 509 g/mol. The third-order valence-corrected chi connectivity index (χ3v) is 5.04. The van der Waals surface area contributed by atoms with Crippen molar-refractivity contribution >= 4 is 22.4 Å². The van der Waals surface area contributed by atoms with E-state index in [0.29, 0.717) is 0 Å². The third kappa shape index (κ3) is 7.26. The molecule has 0 saturated carbocycles. The average molecular weight is 511 g/mol. The Bertz CT molecular complexity index is 983. The fraction of sp³-hybridized carbons (Fsp3) is 0.250. The number of hydrogen-bond acceptors (Lipinski definition) is 1. The number of unbranched alkanes of at least 4 members (excludes halogenated alkanes) is 2. The van der Waals surface area contributed by atoms with E-state index in [4.69, 9.17) is 16.3 Å². The Hall–Kier alpha value is -1.50. The van der Waals surface area contributed by atoms with Gasteiger partial charge in [0.25, 0.3) is 0 Å². The number of hydrogen-bond donors (Lipinski definition) is 0. The largest absolute Gasteiger partial charge is 3.00 e. The van der Waals surface area contributed by atoms with Gasteiger partial charge in [-0.2, -0.15) is 12.8 Å². The van der Waals surface area contributed by atoms with Gasteiger partial charge in [-0.05, 0) is 28.5 Å². The van der Waals surface area contributed by atoms with E-state index in [1.54, 1.807) is 7.11 Å². The van der Waals surface area contributed by atoms with Crippen molar-refractivity contribution in [2.75, 3.05) is 7.11 Å². The molecule has 2 aromatic rings. The van der Waals surface area contributed by atoms with Gasteiger partial charge in [-0.25, -0.2) is 0 Å². The molecular formula is C28H32ClOZr. The van der Waals surface area contributed by atoms with Crippen molar-refractivity contribution in [1.29, 1.82) is 0 Å².